The van der Waals surface area contributed by atoms with Gasteiger partial charge >= 0.3 is 0 Å². The summed E-state index contributed by atoms with van der Waals surface area (Å²) in [4.78, 5) is 4.27. The van der Waals surface area contributed by atoms with Gasteiger partial charge in [-0.3, -0.25) is 4.98 Å². The number of aryl methyl sites for hydroxylation is 1. The lowest BCUT2D eigenvalue weighted by atomic mass is 10.0. The van der Waals surface area contributed by atoms with Crippen LogP contribution in [0.5, 0.6) is 0 Å². The highest BCUT2D eigenvalue weighted by Crippen LogP contribution is 2.21. The topological polar surface area (TPSA) is 48.8 Å². The lowest BCUT2D eigenvalue weighted by Crippen LogP contribution is -2.07. The summed E-state index contributed by atoms with van der Waals surface area (Å²) in [7, 11) is 0. The molecule has 3 nitrogen and oxygen atoms in total. The van der Waals surface area contributed by atoms with Gasteiger partial charge in [-0.2, -0.15) is 0 Å². The predicted octanol–water partition coefficient (Wildman–Crippen LogP) is 2.42. The molecule has 16 heavy (non-hydrogen) atoms. The second-order valence-electron chi connectivity index (χ2n) is 3.50. The maximum atomic E-state index is 7.04. The van der Waals surface area contributed by atoms with Crippen LogP contribution in [0.4, 0.5) is 0 Å². The standard InChI is InChI=1S/C13H13N3/c1-10-13(3-2-7-15-10)11-5-8-16-12(9-11)4-6-14/h2-9,14,16H,1H3/b12-4-,14-6?. The van der Waals surface area contributed by atoms with Crippen molar-refractivity contribution in [3.05, 3.63) is 59.7 Å². The van der Waals surface area contributed by atoms with Crippen molar-refractivity contribution in [1.29, 1.82) is 5.41 Å². The van der Waals surface area contributed by atoms with Crippen molar-refractivity contribution in [3.8, 4) is 0 Å². The predicted molar refractivity (Wildman–Crippen MR) is 66.1 cm³/mol. The van der Waals surface area contributed by atoms with Crippen LogP contribution >= 0.6 is 0 Å². The van der Waals surface area contributed by atoms with Crippen molar-refractivity contribution < 1.29 is 0 Å². The van der Waals surface area contributed by atoms with E-state index in [0.29, 0.717) is 0 Å². The number of rotatable bonds is 2. The Hall–Kier alpha value is -2.16. The average Bonchev–Trinajstić information content (AvgIpc) is 2.30. The molecule has 0 fully saturated rings. The molecule has 2 heterocycles. The van der Waals surface area contributed by atoms with Crippen LogP contribution in [0.2, 0.25) is 0 Å². The molecule has 0 saturated carbocycles. The summed E-state index contributed by atoms with van der Waals surface area (Å²) in [6.45, 7) is 1.99. The first kappa shape index (κ1) is 10.4. The number of aromatic nitrogens is 1. The monoisotopic (exact) mass is 211 g/mol. The van der Waals surface area contributed by atoms with Gasteiger partial charge in [0.05, 0.1) is 0 Å². The molecule has 1 aromatic rings. The van der Waals surface area contributed by atoms with Crippen molar-refractivity contribution in [1.82, 2.24) is 10.3 Å². The third-order valence-corrected chi connectivity index (χ3v) is 2.40. The first-order chi connectivity index (χ1) is 7.81. The summed E-state index contributed by atoms with van der Waals surface area (Å²) in [5, 5.41) is 10.1. The second kappa shape index (κ2) is 4.57. The molecule has 0 aliphatic carbocycles. The van der Waals surface area contributed by atoms with E-state index in [2.05, 4.69) is 10.3 Å². The molecule has 0 saturated heterocycles. The highest BCUT2D eigenvalue weighted by Gasteiger charge is 2.06. The molecule has 2 rings (SSSR count). The van der Waals surface area contributed by atoms with E-state index < -0.39 is 0 Å². The summed E-state index contributed by atoms with van der Waals surface area (Å²) in [5.41, 5.74) is 4.15. The van der Waals surface area contributed by atoms with Gasteiger partial charge in [-0.05, 0) is 36.8 Å². The van der Waals surface area contributed by atoms with Crippen molar-refractivity contribution in [3.63, 3.8) is 0 Å². The number of nitrogens with zero attached hydrogens (tertiary/aromatic N) is 1. The zero-order valence-electron chi connectivity index (χ0n) is 9.07. The zero-order valence-corrected chi connectivity index (χ0v) is 9.07. The summed E-state index contributed by atoms with van der Waals surface area (Å²) in [6.07, 6.45) is 10.7. The Kier molecular flexibility index (Phi) is 2.96. The molecule has 0 radical (unpaired) electrons. The van der Waals surface area contributed by atoms with E-state index in [-0.39, 0.29) is 0 Å². The van der Waals surface area contributed by atoms with Crippen LogP contribution in [0.25, 0.3) is 5.57 Å². The Labute approximate surface area is 94.7 Å². The first-order valence-corrected chi connectivity index (χ1v) is 5.09. The lowest BCUT2D eigenvalue weighted by Gasteiger charge is -2.12. The van der Waals surface area contributed by atoms with Crippen LogP contribution in [0.1, 0.15) is 11.3 Å². The molecule has 1 aliphatic heterocycles. The minimum Gasteiger partial charge on any atom is -0.362 e. The third kappa shape index (κ3) is 2.08. The van der Waals surface area contributed by atoms with Gasteiger partial charge in [0.2, 0.25) is 0 Å². The molecule has 2 N–H and O–H groups in total. The number of hydrogen-bond donors (Lipinski definition) is 2. The van der Waals surface area contributed by atoms with E-state index in [1.54, 1.807) is 12.3 Å². The van der Waals surface area contributed by atoms with Gasteiger partial charge in [0.25, 0.3) is 0 Å². The Morgan fingerprint density at radius 3 is 3.06 bits per heavy atom. The summed E-state index contributed by atoms with van der Waals surface area (Å²) in [6, 6.07) is 3.98. The quantitative estimate of drug-likeness (QED) is 0.738. The van der Waals surface area contributed by atoms with Crippen molar-refractivity contribution in [2.24, 2.45) is 0 Å². The molecule has 0 spiro atoms. The van der Waals surface area contributed by atoms with Crippen LogP contribution in [-0.2, 0) is 0 Å². The highest BCUT2D eigenvalue weighted by atomic mass is 14.8. The van der Waals surface area contributed by atoms with Crippen LogP contribution in [-0.4, -0.2) is 11.2 Å². The largest absolute Gasteiger partial charge is 0.362 e. The molecule has 1 aliphatic rings. The summed E-state index contributed by atoms with van der Waals surface area (Å²) >= 11 is 0. The minimum atomic E-state index is 0.913. The van der Waals surface area contributed by atoms with Crippen LogP contribution in [0.15, 0.2) is 48.5 Å². The highest BCUT2D eigenvalue weighted by molar-refractivity contribution is 5.80. The fourth-order valence-electron chi connectivity index (χ4n) is 1.63. The fraction of sp³-hybridized carbons (Fsp3) is 0.0769. The van der Waals surface area contributed by atoms with E-state index in [9.17, 15) is 0 Å². The Morgan fingerprint density at radius 1 is 1.44 bits per heavy atom. The van der Waals surface area contributed by atoms with Gasteiger partial charge in [0.1, 0.15) is 0 Å². The fourth-order valence-corrected chi connectivity index (χ4v) is 1.63. The molecule has 0 unspecified atom stereocenters. The maximum Gasteiger partial charge on any atom is 0.0450 e. The van der Waals surface area contributed by atoms with Crippen molar-refractivity contribution >= 4 is 11.8 Å². The van der Waals surface area contributed by atoms with E-state index >= 15 is 0 Å². The molecule has 80 valence electrons. The molecular formula is C13H13N3. The van der Waals surface area contributed by atoms with E-state index in [4.69, 9.17) is 5.41 Å². The Balaban J connectivity index is 2.41. The van der Waals surface area contributed by atoms with E-state index in [0.717, 1.165) is 22.5 Å². The number of allylic oxidation sites excluding steroid dienone is 4. The molecule has 0 aromatic carbocycles. The molecule has 0 amide bonds. The average molecular weight is 211 g/mol. The molecule has 3 heteroatoms. The molecular weight excluding hydrogens is 198 g/mol. The molecule has 1 aromatic heterocycles. The Morgan fingerprint density at radius 2 is 2.31 bits per heavy atom. The van der Waals surface area contributed by atoms with Crippen LogP contribution in [0.3, 0.4) is 0 Å². The number of hydrogen-bond acceptors (Lipinski definition) is 3. The van der Waals surface area contributed by atoms with E-state index in [1.165, 1.54) is 6.21 Å². The normalized spacial score (nSPS) is 16.8. The van der Waals surface area contributed by atoms with Crippen molar-refractivity contribution in [2.75, 3.05) is 0 Å². The second-order valence-corrected chi connectivity index (χ2v) is 3.50. The van der Waals surface area contributed by atoms with Crippen molar-refractivity contribution in [2.45, 2.75) is 6.92 Å². The SMILES string of the molecule is Cc1ncccc1C1=C/C(=C/C=N)NC=C1. The minimum absolute atomic E-state index is 0.913. The van der Waals surface area contributed by atoms with Gasteiger partial charge in [-0.1, -0.05) is 6.07 Å². The Bertz CT molecular complexity index is 496. The van der Waals surface area contributed by atoms with Crippen LogP contribution < -0.4 is 5.32 Å². The van der Waals surface area contributed by atoms with E-state index in [1.807, 2.05) is 37.4 Å². The van der Waals surface area contributed by atoms with Gasteiger partial charge in [-0.25, -0.2) is 0 Å². The van der Waals surface area contributed by atoms with Gasteiger partial charge < -0.3 is 10.7 Å². The summed E-state index contributed by atoms with van der Waals surface area (Å²) < 4.78 is 0. The molecule has 0 atom stereocenters. The van der Waals surface area contributed by atoms with Gasteiger partial charge in [0, 0.05) is 35.6 Å². The van der Waals surface area contributed by atoms with Gasteiger partial charge in [0.15, 0.2) is 0 Å². The zero-order chi connectivity index (χ0) is 11.4. The first-order valence-electron chi connectivity index (χ1n) is 5.09. The number of nitrogens with one attached hydrogen (secondary N) is 2. The lowest BCUT2D eigenvalue weighted by molar-refractivity contribution is 1.10. The van der Waals surface area contributed by atoms with Gasteiger partial charge in [-0.15, -0.1) is 0 Å². The number of dihydropyridines is 1. The maximum absolute atomic E-state index is 7.04. The third-order valence-electron chi connectivity index (χ3n) is 2.40. The molecule has 0 bridgehead atoms. The van der Waals surface area contributed by atoms with Crippen LogP contribution in [0, 0.1) is 12.3 Å². The summed E-state index contributed by atoms with van der Waals surface area (Å²) in [5.74, 6) is 0. The smallest absolute Gasteiger partial charge is 0.0450 e. The number of pyridine rings is 1.